The number of carbonyl (C=O) groups excluding carboxylic acids is 2. The lowest BCUT2D eigenvalue weighted by molar-refractivity contribution is -0.270. The number of amides is 3. The van der Waals surface area contributed by atoms with Gasteiger partial charge in [0.05, 0.1) is 0 Å². The van der Waals surface area contributed by atoms with Gasteiger partial charge in [0.1, 0.15) is 30.2 Å². The van der Waals surface area contributed by atoms with E-state index in [9.17, 15) is 29.7 Å². The molecule has 0 unspecified atom stereocenters. The Labute approximate surface area is 171 Å². The maximum atomic E-state index is 11.7. The quantitative estimate of drug-likeness (QED) is 0.268. The topological polar surface area (TPSA) is 187 Å². The number of carbonyl (C=O) groups is 3. The molecule has 1 aliphatic heterocycles. The molecule has 0 spiro atoms. The molecule has 0 aromatic heterocycles. The molecule has 1 fully saturated rings. The molecule has 1 heterocycles. The summed E-state index contributed by atoms with van der Waals surface area (Å²) in [5.41, 5.74) is 0.482. The maximum Gasteiger partial charge on any atom is 0.394 e. The Kier molecular flexibility index (Phi) is 7.94. The fraction of sp³-hybridized carbons (Fsp3) is 0.500. The van der Waals surface area contributed by atoms with E-state index in [-0.39, 0.29) is 17.8 Å². The van der Waals surface area contributed by atoms with Crippen LogP contribution in [0.1, 0.15) is 13.8 Å². The van der Waals surface area contributed by atoms with Crippen LogP contribution in [0.4, 0.5) is 10.5 Å². The predicted molar refractivity (Wildman–Crippen MR) is 102 cm³/mol. The number of benzene rings is 1. The summed E-state index contributed by atoms with van der Waals surface area (Å²) in [5.74, 6) is -2.80. The Morgan fingerprint density at radius 3 is 2.27 bits per heavy atom. The van der Waals surface area contributed by atoms with Gasteiger partial charge in [-0.15, -0.1) is 0 Å². The summed E-state index contributed by atoms with van der Waals surface area (Å²) < 4.78 is 10.9. The lowest BCUT2D eigenvalue weighted by Gasteiger charge is -2.40. The average molecular weight is 427 g/mol. The zero-order chi connectivity index (χ0) is 22.4. The second kappa shape index (κ2) is 10.2. The molecular formula is C18H25N3O9. The van der Waals surface area contributed by atoms with Gasteiger partial charge in [-0.1, -0.05) is 0 Å². The van der Waals surface area contributed by atoms with Gasteiger partial charge in [-0.05, 0) is 38.1 Å². The van der Waals surface area contributed by atoms with Crippen LogP contribution >= 0.6 is 0 Å². The molecule has 0 bridgehead atoms. The van der Waals surface area contributed by atoms with Crippen molar-refractivity contribution in [2.24, 2.45) is 0 Å². The zero-order valence-electron chi connectivity index (χ0n) is 16.3. The van der Waals surface area contributed by atoms with E-state index in [4.69, 9.17) is 14.6 Å². The number of rotatable bonds is 6. The van der Waals surface area contributed by atoms with Crippen molar-refractivity contribution in [1.82, 2.24) is 10.6 Å². The van der Waals surface area contributed by atoms with E-state index in [0.717, 1.165) is 0 Å². The van der Waals surface area contributed by atoms with E-state index in [0.29, 0.717) is 5.69 Å². The molecule has 1 aliphatic rings. The first kappa shape index (κ1) is 23.3. The number of aliphatic hydroxyl groups is 3. The van der Waals surface area contributed by atoms with Gasteiger partial charge in [0.2, 0.25) is 6.29 Å². The fourth-order valence-electron chi connectivity index (χ4n) is 2.63. The van der Waals surface area contributed by atoms with Crippen molar-refractivity contribution in [3.8, 4) is 5.75 Å². The monoisotopic (exact) mass is 427 g/mol. The Morgan fingerprint density at radius 2 is 1.70 bits per heavy atom. The van der Waals surface area contributed by atoms with Gasteiger partial charge in [-0.25, -0.2) is 9.59 Å². The number of carboxylic acid groups (broad SMARTS) is 1. The van der Waals surface area contributed by atoms with Gasteiger partial charge in [-0.2, -0.15) is 0 Å². The second-order valence-corrected chi connectivity index (χ2v) is 6.93. The number of ether oxygens (including phenoxy) is 2. The molecule has 1 aromatic carbocycles. The minimum atomic E-state index is -1.72. The molecule has 5 atom stereocenters. The molecule has 2 rings (SSSR count). The molecule has 30 heavy (non-hydrogen) atoms. The Morgan fingerprint density at radius 1 is 1.07 bits per heavy atom. The molecule has 1 aromatic rings. The van der Waals surface area contributed by atoms with Crippen molar-refractivity contribution in [2.75, 3.05) is 11.9 Å². The number of carboxylic acids is 1. The van der Waals surface area contributed by atoms with Gasteiger partial charge in [-0.3, -0.25) is 4.79 Å². The molecule has 1 saturated heterocycles. The van der Waals surface area contributed by atoms with Crippen molar-refractivity contribution < 1.29 is 44.3 Å². The first-order valence-electron chi connectivity index (χ1n) is 9.13. The molecule has 0 radical (unpaired) electrons. The van der Waals surface area contributed by atoms with Gasteiger partial charge in [0.15, 0.2) is 0 Å². The fourth-order valence-corrected chi connectivity index (χ4v) is 2.63. The molecule has 7 N–H and O–H groups in total. The van der Waals surface area contributed by atoms with Gasteiger partial charge in [0.25, 0.3) is 0 Å². The molecule has 12 heteroatoms. The highest BCUT2D eigenvalue weighted by molar-refractivity contribution is 6.31. The molecule has 0 aliphatic carbocycles. The van der Waals surface area contributed by atoms with E-state index < -0.39 is 49.1 Å². The minimum absolute atomic E-state index is 0.0347. The van der Waals surface area contributed by atoms with E-state index in [1.165, 1.54) is 12.1 Å². The number of anilines is 1. The minimum Gasteiger partial charge on any atom is -0.474 e. The van der Waals surface area contributed by atoms with Crippen LogP contribution in [0.25, 0.3) is 0 Å². The first-order chi connectivity index (χ1) is 14.1. The second-order valence-electron chi connectivity index (χ2n) is 6.93. The normalized spacial score (nSPS) is 26.0. The van der Waals surface area contributed by atoms with Crippen LogP contribution in [0.5, 0.6) is 5.75 Å². The van der Waals surface area contributed by atoms with Gasteiger partial charge >= 0.3 is 17.9 Å². The van der Waals surface area contributed by atoms with Crippen molar-refractivity contribution in [3.05, 3.63) is 24.3 Å². The Balaban J connectivity index is 1.99. The van der Waals surface area contributed by atoms with E-state index in [1.807, 2.05) is 19.2 Å². The van der Waals surface area contributed by atoms with Crippen molar-refractivity contribution in [3.63, 3.8) is 0 Å². The number of urea groups is 1. The third kappa shape index (κ3) is 6.29. The van der Waals surface area contributed by atoms with Crippen LogP contribution in [0.2, 0.25) is 0 Å². The first-order valence-corrected chi connectivity index (χ1v) is 9.13. The zero-order valence-corrected chi connectivity index (χ0v) is 16.3. The molecule has 3 amide bonds. The number of aliphatic carboxylic acids is 1. The molecule has 0 saturated carbocycles. The summed E-state index contributed by atoms with van der Waals surface area (Å²) in [4.78, 5) is 33.4. The number of nitrogens with one attached hydrogen (secondary N) is 3. The number of hydrogen-bond donors (Lipinski definition) is 7. The van der Waals surface area contributed by atoms with Crippen molar-refractivity contribution >= 4 is 23.6 Å². The van der Waals surface area contributed by atoms with Gasteiger partial charge in [0, 0.05) is 18.3 Å². The number of aliphatic hydroxyl groups excluding tert-OH is 3. The summed E-state index contributed by atoms with van der Waals surface area (Å²) in [7, 11) is 0. The van der Waals surface area contributed by atoms with E-state index >= 15 is 0 Å². The lowest BCUT2D eigenvalue weighted by atomic mass is 9.99. The van der Waals surface area contributed by atoms with E-state index in [2.05, 4.69) is 10.6 Å². The summed E-state index contributed by atoms with van der Waals surface area (Å²) in [6.45, 7) is 3.21. The SMILES string of the molecule is CC(C)NC(=O)Nc1ccc(O[C@H]2O[C@H](CNC(=O)C(=O)O)[C@@H](O)[C@H](O)[C@@H]2O)cc1. The van der Waals surface area contributed by atoms with Crippen LogP contribution in [0.15, 0.2) is 24.3 Å². The van der Waals surface area contributed by atoms with Crippen LogP contribution in [0, 0.1) is 0 Å². The lowest BCUT2D eigenvalue weighted by Crippen LogP contribution is -2.61. The summed E-state index contributed by atoms with van der Waals surface area (Å²) >= 11 is 0. The van der Waals surface area contributed by atoms with Crippen LogP contribution in [-0.4, -0.2) is 81.6 Å². The van der Waals surface area contributed by atoms with Crippen LogP contribution in [-0.2, 0) is 14.3 Å². The average Bonchev–Trinajstić information content (AvgIpc) is 2.67. The Bertz CT molecular complexity index is 756. The van der Waals surface area contributed by atoms with Crippen LogP contribution < -0.4 is 20.7 Å². The highest BCUT2D eigenvalue weighted by atomic mass is 16.7. The molecule has 12 nitrogen and oxygen atoms in total. The Hall–Kier alpha value is -2.93. The summed E-state index contributed by atoms with van der Waals surface area (Å²) in [6, 6.07) is 5.64. The largest absolute Gasteiger partial charge is 0.474 e. The smallest absolute Gasteiger partial charge is 0.394 e. The molecule has 166 valence electrons. The molecular weight excluding hydrogens is 402 g/mol. The number of hydrogen-bond acceptors (Lipinski definition) is 8. The van der Waals surface area contributed by atoms with Crippen LogP contribution in [0.3, 0.4) is 0 Å². The van der Waals surface area contributed by atoms with Gasteiger partial charge < -0.3 is 45.9 Å². The predicted octanol–water partition coefficient (Wildman–Crippen LogP) is -1.40. The maximum absolute atomic E-state index is 11.7. The highest BCUT2D eigenvalue weighted by Gasteiger charge is 2.45. The summed E-state index contributed by atoms with van der Waals surface area (Å²) in [5, 5.41) is 46.0. The van der Waals surface area contributed by atoms with Crippen molar-refractivity contribution in [1.29, 1.82) is 0 Å². The highest BCUT2D eigenvalue weighted by Crippen LogP contribution is 2.25. The third-order valence-corrected chi connectivity index (χ3v) is 4.11. The van der Waals surface area contributed by atoms with E-state index in [1.54, 1.807) is 12.1 Å². The van der Waals surface area contributed by atoms with Crippen molar-refractivity contribution in [2.45, 2.75) is 50.6 Å². The summed E-state index contributed by atoms with van der Waals surface area (Å²) in [6.07, 6.45) is -7.48. The third-order valence-electron chi connectivity index (χ3n) is 4.11. The standard InChI is InChI=1S/C18H25N3O9/c1-8(2)20-18(28)21-9-3-5-10(6-4-9)29-17-14(24)13(23)12(22)11(30-17)7-19-15(25)16(26)27/h3-6,8,11-14,17,22-24H,7H2,1-2H3,(H,19,25)(H,26,27)(H2,20,21,28)/t11-,12-,13+,14+,17+/m1/s1.